The third kappa shape index (κ3) is 2.85. The number of Topliss-reactive ketones (excluding diaryl/α,β-unsaturated/α-hetero) is 1. The molecular formula is C30H38O11. The van der Waals surface area contributed by atoms with Crippen molar-refractivity contribution in [2.24, 2.45) is 33.5 Å². The van der Waals surface area contributed by atoms with Gasteiger partial charge >= 0.3 is 11.9 Å². The number of aliphatic hydroxyl groups is 3. The molecule has 1 aromatic rings. The number of carbonyl (C=O) groups excluding carboxylic acids is 3. The Morgan fingerprint density at radius 1 is 0.976 bits per heavy atom. The number of hydrogen-bond donors (Lipinski definition) is 3. The fourth-order valence-corrected chi connectivity index (χ4v) is 11.0. The molecule has 0 radical (unpaired) electrons. The number of ether oxygens (including phenoxy) is 4. The van der Waals surface area contributed by atoms with Crippen molar-refractivity contribution in [2.45, 2.75) is 102 Å². The van der Waals surface area contributed by atoms with Crippen LogP contribution in [0.2, 0.25) is 0 Å². The average molecular weight is 575 g/mol. The van der Waals surface area contributed by atoms with Crippen molar-refractivity contribution in [3.63, 3.8) is 0 Å². The third-order valence-electron chi connectivity index (χ3n) is 12.6. The van der Waals surface area contributed by atoms with Crippen molar-refractivity contribution >= 4 is 17.7 Å². The Kier molecular flexibility index (Phi) is 5.50. The summed E-state index contributed by atoms with van der Waals surface area (Å²) in [5, 5.41) is 35.4. The molecule has 1 spiro atoms. The molecule has 2 saturated heterocycles. The molecule has 7 rings (SSSR count). The maximum absolute atomic E-state index is 15.0. The molecule has 6 aliphatic rings. The highest BCUT2D eigenvalue weighted by Gasteiger charge is 2.92. The molecule has 224 valence electrons. The van der Waals surface area contributed by atoms with Gasteiger partial charge in [0.1, 0.15) is 11.7 Å². The summed E-state index contributed by atoms with van der Waals surface area (Å²) in [7, 11) is 0. The van der Waals surface area contributed by atoms with Gasteiger partial charge in [0.05, 0.1) is 48.3 Å². The highest BCUT2D eigenvalue weighted by molar-refractivity contribution is 5.93. The first kappa shape index (κ1) is 27.5. The van der Waals surface area contributed by atoms with E-state index in [1.54, 1.807) is 19.5 Å². The van der Waals surface area contributed by atoms with Gasteiger partial charge in [0.25, 0.3) is 0 Å². The first-order valence-electron chi connectivity index (χ1n) is 14.5. The predicted molar refractivity (Wildman–Crippen MR) is 137 cm³/mol. The summed E-state index contributed by atoms with van der Waals surface area (Å²) in [5.74, 6) is -3.56. The van der Waals surface area contributed by atoms with Gasteiger partial charge in [-0.2, -0.15) is 0 Å². The monoisotopic (exact) mass is 574 g/mol. The van der Waals surface area contributed by atoms with Crippen molar-refractivity contribution in [2.75, 3.05) is 6.61 Å². The van der Waals surface area contributed by atoms with Crippen LogP contribution in [-0.2, 0) is 33.3 Å². The van der Waals surface area contributed by atoms with Gasteiger partial charge in [-0.15, -0.1) is 0 Å². The zero-order valence-electron chi connectivity index (χ0n) is 23.9. The van der Waals surface area contributed by atoms with E-state index in [4.69, 9.17) is 23.4 Å². The van der Waals surface area contributed by atoms with Crippen LogP contribution in [0.15, 0.2) is 23.0 Å². The van der Waals surface area contributed by atoms with E-state index in [1.807, 2.05) is 19.9 Å². The third-order valence-corrected chi connectivity index (χ3v) is 12.6. The fourth-order valence-electron chi connectivity index (χ4n) is 11.0. The van der Waals surface area contributed by atoms with Crippen LogP contribution in [0.25, 0.3) is 0 Å². The van der Waals surface area contributed by atoms with Crippen LogP contribution in [0.4, 0.5) is 0 Å². The summed E-state index contributed by atoms with van der Waals surface area (Å²) in [6.07, 6.45) is -2.27. The van der Waals surface area contributed by atoms with E-state index in [1.165, 1.54) is 13.8 Å². The summed E-state index contributed by atoms with van der Waals surface area (Å²) in [4.78, 5) is 39.7. The molecule has 14 atom stereocenters. The summed E-state index contributed by atoms with van der Waals surface area (Å²) >= 11 is 0. The second kappa shape index (κ2) is 8.19. The molecule has 0 amide bonds. The van der Waals surface area contributed by atoms with E-state index in [0.29, 0.717) is 6.42 Å². The summed E-state index contributed by atoms with van der Waals surface area (Å²) in [6.45, 7) is 7.85. The van der Waals surface area contributed by atoms with Gasteiger partial charge in [-0.25, -0.2) is 0 Å². The minimum Gasteiger partial charge on any atom is -0.472 e. The Hall–Kier alpha value is -2.31. The zero-order chi connectivity index (χ0) is 29.5. The second-order valence-electron chi connectivity index (χ2n) is 13.9. The Balaban J connectivity index is 1.44. The lowest BCUT2D eigenvalue weighted by Gasteiger charge is -2.73. The molecule has 4 saturated carbocycles. The lowest BCUT2D eigenvalue weighted by Crippen LogP contribution is -2.82. The molecule has 3 heterocycles. The molecule has 6 fully saturated rings. The largest absolute Gasteiger partial charge is 0.472 e. The van der Waals surface area contributed by atoms with Gasteiger partial charge in [0, 0.05) is 42.9 Å². The molecule has 3 N–H and O–H groups in total. The van der Waals surface area contributed by atoms with Crippen molar-refractivity contribution in [1.29, 1.82) is 0 Å². The topological polar surface area (TPSA) is 165 Å². The second-order valence-corrected chi connectivity index (χ2v) is 13.9. The maximum atomic E-state index is 15.0. The number of epoxide rings is 1. The number of hydrogen-bond acceptors (Lipinski definition) is 11. The molecular weight excluding hydrogens is 536 g/mol. The van der Waals surface area contributed by atoms with Crippen LogP contribution in [-0.4, -0.2) is 82.1 Å². The highest BCUT2D eigenvalue weighted by atomic mass is 16.6. The van der Waals surface area contributed by atoms with Gasteiger partial charge < -0.3 is 38.7 Å². The van der Waals surface area contributed by atoms with Crippen LogP contribution < -0.4 is 0 Å². The molecule has 2 bridgehead atoms. The number of esters is 2. The number of carbonyl (C=O) groups is 3. The van der Waals surface area contributed by atoms with Crippen molar-refractivity contribution < 1.29 is 53.1 Å². The lowest BCUT2D eigenvalue weighted by molar-refractivity contribution is -0.373. The van der Waals surface area contributed by atoms with Gasteiger partial charge in [0.2, 0.25) is 0 Å². The molecule has 2 unspecified atom stereocenters. The number of rotatable bonds is 3. The molecule has 1 aromatic heterocycles. The molecule has 0 aromatic carbocycles. The van der Waals surface area contributed by atoms with Crippen LogP contribution in [0.5, 0.6) is 0 Å². The van der Waals surface area contributed by atoms with E-state index in [9.17, 15) is 24.9 Å². The van der Waals surface area contributed by atoms with Crippen LogP contribution in [0.3, 0.4) is 0 Å². The van der Waals surface area contributed by atoms with Gasteiger partial charge in [-0.1, -0.05) is 20.8 Å². The number of ketones is 1. The Morgan fingerprint density at radius 2 is 1.68 bits per heavy atom. The van der Waals surface area contributed by atoms with Crippen LogP contribution in [0, 0.1) is 33.5 Å². The fraction of sp³-hybridized carbons (Fsp3) is 0.767. The number of fused-ring (bicyclic) bond motifs is 1. The zero-order valence-corrected chi connectivity index (χ0v) is 23.9. The predicted octanol–water partition coefficient (Wildman–Crippen LogP) is 1.47. The van der Waals surface area contributed by atoms with Gasteiger partial charge in [-0.3, -0.25) is 14.4 Å². The minimum atomic E-state index is -1.36. The Labute approximate surface area is 237 Å². The van der Waals surface area contributed by atoms with E-state index in [0.717, 1.165) is 5.56 Å². The molecule has 2 aliphatic heterocycles. The first-order chi connectivity index (χ1) is 19.2. The Bertz CT molecular complexity index is 1310. The Morgan fingerprint density at radius 3 is 2.32 bits per heavy atom. The van der Waals surface area contributed by atoms with Crippen molar-refractivity contribution in [3.05, 3.63) is 24.2 Å². The quantitative estimate of drug-likeness (QED) is 0.354. The van der Waals surface area contributed by atoms with E-state index >= 15 is 4.79 Å². The highest BCUT2D eigenvalue weighted by Crippen LogP contribution is 2.82. The first-order valence-corrected chi connectivity index (χ1v) is 14.5. The number of furan rings is 1. The molecule has 11 nitrogen and oxygen atoms in total. The van der Waals surface area contributed by atoms with Crippen molar-refractivity contribution in [1.82, 2.24) is 0 Å². The summed E-state index contributed by atoms with van der Waals surface area (Å²) in [6, 6.07) is 1.84. The van der Waals surface area contributed by atoms with E-state index in [-0.39, 0.29) is 31.5 Å². The summed E-state index contributed by atoms with van der Waals surface area (Å²) < 4.78 is 29.5. The van der Waals surface area contributed by atoms with E-state index < -0.39 is 87.5 Å². The minimum absolute atomic E-state index is 0.0205. The van der Waals surface area contributed by atoms with Crippen molar-refractivity contribution in [3.8, 4) is 0 Å². The van der Waals surface area contributed by atoms with Gasteiger partial charge in [0.15, 0.2) is 18.2 Å². The number of aliphatic hydroxyl groups excluding tert-OH is 3. The normalized spacial score (nSPS) is 54.7. The molecule has 11 heteroatoms. The lowest BCUT2D eigenvalue weighted by atomic mass is 9.33. The standard InChI is InChI=1S/C30H38O11/c1-13(31)39-20-10-19(34)29-12-38-25(36)26(20,3)17(29)9-18(33)28(5)23(29)22(35)24(40-14(2)32)27(4)16(15-6-7-37-11-15)8-21-30(27,28)41-21/h6-7,11,16-21,23-25,33-34,36H,8-10,12H2,1-5H3/t16?,17-,18+,19-,20+,21+,23-,24-,25?,26+,27+,28+,29+,30+/m0/s1. The van der Waals surface area contributed by atoms with E-state index in [2.05, 4.69) is 0 Å². The maximum Gasteiger partial charge on any atom is 0.303 e. The SMILES string of the molecule is CC(=O)O[C@@H]1C[C@H](O)[C@@]23COC(O)[C@]1(C)[C@@H]2C[C@@H](O)[C@]1(C)[C@@H]3C(=O)[C@H](OC(C)=O)[C@@]2(C)C(c3ccoc3)C[C@H]3O[C@@]312. The van der Waals surface area contributed by atoms with Crippen LogP contribution >= 0.6 is 0 Å². The summed E-state index contributed by atoms with van der Waals surface area (Å²) in [5.41, 5.74) is -4.93. The molecule has 41 heavy (non-hydrogen) atoms. The van der Waals surface area contributed by atoms with Gasteiger partial charge in [-0.05, 0) is 30.4 Å². The molecule has 4 aliphatic carbocycles. The van der Waals surface area contributed by atoms with Crippen LogP contribution in [0.1, 0.15) is 65.4 Å². The smallest absolute Gasteiger partial charge is 0.303 e. The average Bonchev–Trinajstić information content (AvgIpc) is 3.26.